The van der Waals surface area contributed by atoms with Gasteiger partial charge < -0.3 is 9.47 Å². The van der Waals surface area contributed by atoms with E-state index < -0.39 is 10.2 Å². The highest BCUT2D eigenvalue weighted by atomic mass is 32.2. The highest BCUT2D eigenvalue weighted by molar-refractivity contribution is 7.86. The van der Waals surface area contributed by atoms with Gasteiger partial charge in [-0.3, -0.25) is 4.79 Å². The van der Waals surface area contributed by atoms with Gasteiger partial charge in [0.2, 0.25) is 5.91 Å². The molecule has 2 aliphatic heterocycles. The molecule has 27 heavy (non-hydrogen) atoms. The first-order valence-corrected chi connectivity index (χ1v) is 11.0. The number of amides is 1. The van der Waals surface area contributed by atoms with Gasteiger partial charge >= 0.3 is 0 Å². The van der Waals surface area contributed by atoms with Gasteiger partial charge in [-0.1, -0.05) is 13.8 Å². The third kappa shape index (κ3) is 4.02. The van der Waals surface area contributed by atoms with Gasteiger partial charge in [0.25, 0.3) is 10.2 Å². The van der Waals surface area contributed by atoms with Crippen molar-refractivity contribution in [3.05, 3.63) is 11.6 Å². The zero-order chi connectivity index (χ0) is 19.8. The molecule has 0 unspecified atom stereocenters. The summed E-state index contributed by atoms with van der Waals surface area (Å²) in [5, 5.41) is 8.78. The molecule has 0 atom stereocenters. The third-order valence-corrected chi connectivity index (χ3v) is 7.41. The minimum absolute atomic E-state index is 0.00371. The average Bonchev–Trinajstić information content (AvgIpc) is 2.92. The predicted octanol–water partition coefficient (Wildman–Crippen LogP) is 0.305. The Morgan fingerprint density at radius 2 is 1.74 bits per heavy atom. The molecule has 1 aromatic rings. The maximum atomic E-state index is 12.3. The molecule has 3 rings (SSSR count). The first-order valence-electron chi connectivity index (χ1n) is 9.60. The van der Waals surface area contributed by atoms with Crippen LogP contribution in [-0.2, 0) is 28.0 Å². The molecule has 1 saturated heterocycles. The summed E-state index contributed by atoms with van der Waals surface area (Å²) in [5.74, 6) is 2.24. The maximum absolute atomic E-state index is 12.3. The zero-order valence-corrected chi connectivity index (χ0v) is 17.4. The van der Waals surface area contributed by atoms with Crippen LogP contribution in [0.25, 0.3) is 0 Å². The summed E-state index contributed by atoms with van der Waals surface area (Å²) in [6.07, 6.45) is 2.18. The van der Waals surface area contributed by atoms with E-state index in [0.717, 1.165) is 24.5 Å². The molecule has 0 aliphatic carbocycles. The quantitative estimate of drug-likeness (QED) is 0.728. The summed E-state index contributed by atoms with van der Waals surface area (Å²) in [5.41, 5.74) is 0. The molecule has 9 nitrogen and oxygen atoms in total. The van der Waals surface area contributed by atoms with Crippen LogP contribution in [0.15, 0.2) is 0 Å². The Morgan fingerprint density at radius 3 is 2.33 bits per heavy atom. The third-order valence-electron chi connectivity index (χ3n) is 5.47. The Bertz CT molecular complexity index is 781. The van der Waals surface area contributed by atoms with E-state index in [9.17, 15) is 13.2 Å². The zero-order valence-electron chi connectivity index (χ0n) is 16.6. The molecule has 0 saturated carbocycles. The Labute approximate surface area is 161 Å². The fourth-order valence-corrected chi connectivity index (χ4v) is 4.94. The minimum atomic E-state index is -3.36. The van der Waals surface area contributed by atoms with E-state index in [-0.39, 0.29) is 17.7 Å². The standard InChI is InChI=1S/C17H30N6O3S/c1-13(2)17(24)21-8-7-15-18-19-16(23(15)12-11-21)14-5-9-22(10-6-14)27(25,26)20(3)4/h13-14H,5-12H2,1-4H3. The lowest BCUT2D eigenvalue weighted by atomic mass is 9.97. The van der Waals surface area contributed by atoms with Gasteiger partial charge in [-0.05, 0) is 12.8 Å². The second-order valence-corrected chi connectivity index (χ2v) is 9.96. The lowest BCUT2D eigenvalue weighted by Gasteiger charge is -2.32. The van der Waals surface area contributed by atoms with E-state index in [2.05, 4.69) is 14.8 Å². The maximum Gasteiger partial charge on any atom is 0.281 e. The number of aromatic nitrogens is 3. The van der Waals surface area contributed by atoms with Crippen molar-refractivity contribution < 1.29 is 13.2 Å². The molecule has 0 spiro atoms. The SMILES string of the molecule is CC(C)C(=O)N1CCc2nnc(C3CCN(S(=O)(=O)N(C)C)CC3)n2CC1. The molecule has 2 aliphatic rings. The topological polar surface area (TPSA) is 91.6 Å². The summed E-state index contributed by atoms with van der Waals surface area (Å²) >= 11 is 0. The molecule has 152 valence electrons. The van der Waals surface area contributed by atoms with E-state index in [4.69, 9.17) is 0 Å². The highest BCUT2D eigenvalue weighted by Gasteiger charge is 2.33. The van der Waals surface area contributed by atoms with E-state index in [1.54, 1.807) is 14.1 Å². The van der Waals surface area contributed by atoms with Crippen molar-refractivity contribution in [2.75, 3.05) is 40.3 Å². The molecular formula is C17H30N6O3S. The van der Waals surface area contributed by atoms with Crippen molar-refractivity contribution in [1.82, 2.24) is 28.3 Å². The Morgan fingerprint density at radius 1 is 1.07 bits per heavy atom. The molecule has 1 aromatic heterocycles. The molecule has 10 heteroatoms. The number of rotatable bonds is 4. The summed E-state index contributed by atoms with van der Waals surface area (Å²) < 4.78 is 29.5. The number of hydrogen-bond donors (Lipinski definition) is 0. The molecule has 0 radical (unpaired) electrons. The smallest absolute Gasteiger partial charge is 0.281 e. The van der Waals surface area contributed by atoms with Crippen LogP contribution >= 0.6 is 0 Å². The van der Waals surface area contributed by atoms with Crippen molar-refractivity contribution in [2.45, 2.75) is 45.6 Å². The van der Waals surface area contributed by atoms with Crippen LogP contribution in [0.3, 0.4) is 0 Å². The summed E-state index contributed by atoms with van der Waals surface area (Å²) in [4.78, 5) is 14.2. The van der Waals surface area contributed by atoms with Gasteiger partial charge in [-0.2, -0.15) is 17.0 Å². The second kappa shape index (κ2) is 7.84. The van der Waals surface area contributed by atoms with Gasteiger partial charge in [0, 0.05) is 65.1 Å². The lowest BCUT2D eigenvalue weighted by Crippen LogP contribution is -2.44. The van der Waals surface area contributed by atoms with Gasteiger partial charge in [0.05, 0.1) is 0 Å². The Kier molecular flexibility index (Phi) is 5.87. The van der Waals surface area contributed by atoms with Crippen molar-refractivity contribution in [2.24, 2.45) is 5.92 Å². The van der Waals surface area contributed by atoms with Gasteiger partial charge in [0.15, 0.2) is 0 Å². The van der Waals surface area contributed by atoms with Crippen LogP contribution < -0.4 is 0 Å². The van der Waals surface area contributed by atoms with Gasteiger partial charge in [0.1, 0.15) is 11.6 Å². The average molecular weight is 399 g/mol. The number of nitrogens with zero attached hydrogens (tertiary/aromatic N) is 6. The highest BCUT2D eigenvalue weighted by Crippen LogP contribution is 2.29. The largest absolute Gasteiger partial charge is 0.340 e. The fraction of sp³-hybridized carbons (Fsp3) is 0.824. The lowest BCUT2D eigenvalue weighted by molar-refractivity contribution is -0.134. The number of piperidine rings is 1. The van der Waals surface area contributed by atoms with Crippen LogP contribution in [0.2, 0.25) is 0 Å². The number of carbonyl (C=O) groups is 1. The number of hydrogen-bond acceptors (Lipinski definition) is 5. The van der Waals surface area contributed by atoms with Crippen LogP contribution in [0.5, 0.6) is 0 Å². The van der Waals surface area contributed by atoms with Crippen molar-refractivity contribution in [3.63, 3.8) is 0 Å². The molecule has 0 bridgehead atoms. The predicted molar refractivity (Wildman–Crippen MR) is 101 cm³/mol. The van der Waals surface area contributed by atoms with E-state index in [0.29, 0.717) is 39.1 Å². The summed E-state index contributed by atoms with van der Waals surface area (Å²) in [7, 11) is -0.242. The molecule has 1 fully saturated rings. The molecule has 1 amide bonds. The number of fused-ring (bicyclic) bond motifs is 1. The van der Waals surface area contributed by atoms with E-state index >= 15 is 0 Å². The Balaban J connectivity index is 1.68. The van der Waals surface area contributed by atoms with Gasteiger partial charge in [-0.25, -0.2) is 0 Å². The first kappa shape index (κ1) is 20.2. The molecule has 0 aromatic carbocycles. The first-order chi connectivity index (χ1) is 12.7. The van der Waals surface area contributed by atoms with Crippen LogP contribution in [0.4, 0.5) is 0 Å². The van der Waals surface area contributed by atoms with Crippen molar-refractivity contribution in [3.8, 4) is 0 Å². The molecule has 3 heterocycles. The second-order valence-electron chi connectivity index (χ2n) is 7.82. The van der Waals surface area contributed by atoms with Gasteiger partial charge in [-0.15, -0.1) is 10.2 Å². The summed E-state index contributed by atoms with van der Waals surface area (Å²) in [6, 6.07) is 0. The van der Waals surface area contributed by atoms with Crippen molar-refractivity contribution >= 4 is 16.1 Å². The molecular weight excluding hydrogens is 368 g/mol. The van der Waals surface area contributed by atoms with E-state index in [1.165, 1.54) is 8.61 Å². The fourth-order valence-electron chi connectivity index (χ4n) is 3.81. The summed E-state index contributed by atoms with van der Waals surface area (Å²) in [6.45, 7) is 6.88. The van der Waals surface area contributed by atoms with Crippen LogP contribution in [0, 0.1) is 5.92 Å². The van der Waals surface area contributed by atoms with Crippen LogP contribution in [-0.4, -0.2) is 82.9 Å². The number of carbonyl (C=O) groups excluding carboxylic acids is 1. The normalized spacial score (nSPS) is 20.1. The minimum Gasteiger partial charge on any atom is -0.340 e. The molecule has 0 N–H and O–H groups in total. The van der Waals surface area contributed by atoms with Crippen molar-refractivity contribution in [1.29, 1.82) is 0 Å². The monoisotopic (exact) mass is 398 g/mol. The van der Waals surface area contributed by atoms with E-state index in [1.807, 2.05) is 18.7 Å². The van der Waals surface area contributed by atoms with Crippen LogP contribution in [0.1, 0.15) is 44.3 Å². The Hall–Kier alpha value is -1.52.